The zero-order valence-corrected chi connectivity index (χ0v) is 14.9. The maximum absolute atomic E-state index is 12.9. The average molecular weight is 359 g/mol. The van der Waals surface area contributed by atoms with Gasteiger partial charge in [0.25, 0.3) is 0 Å². The number of nitrogens with one attached hydrogen (secondary N) is 1. The van der Waals surface area contributed by atoms with E-state index in [9.17, 15) is 8.42 Å². The van der Waals surface area contributed by atoms with Crippen LogP contribution in [0.4, 0.5) is 0 Å². The topological polar surface area (TPSA) is 93.1 Å². The molecule has 25 heavy (non-hydrogen) atoms. The number of aromatic nitrogens is 2. The summed E-state index contributed by atoms with van der Waals surface area (Å²) in [6.07, 6.45) is 3.44. The number of imidazole rings is 1. The van der Waals surface area contributed by atoms with Crippen LogP contribution < -0.4 is 0 Å². The van der Waals surface area contributed by atoms with E-state index in [1.54, 1.807) is 36.7 Å². The quantitative estimate of drug-likeness (QED) is 0.873. The van der Waals surface area contributed by atoms with Gasteiger partial charge in [-0.15, -0.1) is 0 Å². The minimum Gasteiger partial charge on any atom is -0.347 e. The molecule has 2 aromatic rings. The highest BCUT2D eigenvalue weighted by Crippen LogP contribution is 2.25. The monoisotopic (exact) mass is 359 g/mol. The van der Waals surface area contributed by atoms with Crippen LogP contribution >= 0.6 is 0 Å². The first-order valence-corrected chi connectivity index (χ1v) is 9.84. The molecule has 1 fully saturated rings. The maximum Gasteiger partial charge on any atom is 0.218 e. The van der Waals surface area contributed by atoms with Gasteiger partial charge in [-0.3, -0.25) is 4.90 Å². The molecule has 1 aliphatic rings. The molecule has 8 heteroatoms. The van der Waals surface area contributed by atoms with Gasteiger partial charge in [-0.25, -0.2) is 13.4 Å². The van der Waals surface area contributed by atoms with E-state index in [4.69, 9.17) is 5.26 Å². The number of aromatic amines is 1. The summed E-state index contributed by atoms with van der Waals surface area (Å²) < 4.78 is 27.3. The number of hydrogen-bond donors (Lipinski definition) is 1. The van der Waals surface area contributed by atoms with Gasteiger partial charge in [0.15, 0.2) is 0 Å². The molecule has 0 saturated carbocycles. The van der Waals surface area contributed by atoms with E-state index in [1.807, 2.05) is 6.07 Å². The van der Waals surface area contributed by atoms with Crippen molar-refractivity contribution in [2.75, 3.05) is 26.2 Å². The zero-order valence-electron chi connectivity index (χ0n) is 14.1. The molecular weight excluding hydrogens is 338 g/mol. The number of rotatable bonds is 5. The van der Waals surface area contributed by atoms with Gasteiger partial charge in [0.05, 0.1) is 23.4 Å². The highest BCUT2D eigenvalue weighted by Gasteiger charge is 2.34. The minimum absolute atomic E-state index is 0.0750. The summed E-state index contributed by atoms with van der Waals surface area (Å²) in [5, 5.41) is 8.98. The van der Waals surface area contributed by atoms with Crippen LogP contribution in [0.15, 0.2) is 36.7 Å². The number of benzene rings is 1. The van der Waals surface area contributed by atoms with E-state index in [-0.39, 0.29) is 11.8 Å². The van der Waals surface area contributed by atoms with Crippen molar-refractivity contribution >= 4 is 10.0 Å². The molecule has 0 unspecified atom stereocenters. The second kappa shape index (κ2) is 7.35. The lowest BCUT2D eigenvalue weighted by molar-refractivity contribution is 0.119. The Bertz CT molecular complexity index is 857. The molecule has 132 valence electrons. The van der Waals surface area contributed by atoms with Crippen molar-refractivity contribution in [3.8, 4) is 6.07 Å². The van der Waals surface area contributed by atoms with Crippen molar-refractivity contribution in [1.29, 1.82) is 5.26 Å². The van der Waals surface area contributed by atoms with Gasteiger partial charge in [-0.2, -0.15) is 9.57 Å². The average Bonchev–Trinajstić information content (AvgIpc) is 3.15. The molecule has 0 bridgehead atoms. The van der Waals surface area contributed by atoms with Crippen LogP contribution in [0.25, 0.3) is 0 Å². The second-order valence-electron chi connectivity index (χ2n) is 6.05. The molecule has 0 amide bonds. The molecule has 7 nitrogen and oxygen atoms in total. The number of hydrogen-bond acceptors (Lipinski definition) is 5. The third-order valence-electron chi connectivity index (χ3n) is 4.49. The van der Waals surface area contributed by atoms with Gasteiger partial charge in [-0.1, -0.05) is 19.1 Å². The molecule has 1 saturated heterocycles. The van der Waals surface area contributed by atoms with Crippen molar-refractivity contribution in [3.63, 3.8) is 0 Å². The number of likely N-dealkylation sites (N-methyl/N-ethyl adjacent to an activating group) is 1. The van der Waals surface area contributed by atoms with Crippen molar-refractivity contribution in [3.05, 3.63) is 53.6 Å². The summed E-state index contributed by atoms with van der Waals surface area (Å²) in [6, 6.07) is 8.72. The zero-order chi connectivity index (χ0) is 17.9. The van der Waals surface area contributed by atoms with Crippen molar-refractivity contribution < 1.29 is 8.42 Å². The molecule has 2 heterocycles. The van der Waals surface area contributed by atoms with Crippen LogP contribution in [0, 0.1) is 11.3 Å². The first kappa shape index (κ1) is 17.6. The summed E-state index contributed by atoms with van der Waals surface area (Å²) in [5.74, 6) is 0.688. The minimum atomic E-state index is -3.46. The van der Waals surface area contributed by atoms with E-state index in [2.05, 4.69) is 21.8 Å². The first-order valence-electron chi connectivity index (χ1n) is 8.23. The van der Waals surface area contributed by atoms with Crippen molar-refractivity contribution in [2.45, 2.75) is 18.7 Å². The van der Waals surface area contributed by atoms with Crippen LogP contribution in [-0.4, -0.2) is 53.8 Å². The van der Waals surface area contributed by atoms with Crippen molar-refractivity contribution in [1.82, 2.24) is 19.2 Å². The number of piperazine rings is 1. The van der Waals surface area contributed by atoms with Crippen LogP contribution in [0.2, 0.25) is 0 Å². The highest BCUT2D eigenvalue weighted by molar-refractivity contribution is 7.88. The van der Waals surface area contributed by atoms with Crippen LogP contribution in [0.5, 0.6) is 0 Å². The Hall–Kier alpha value is -2.21. The van der Waals surface area contributed by atoms with Gasteiger partial charge < -0.3 is 4.98 Å². The lowest BCUT2D eigenvalue weighted by Gasteiger charge is -2.39. The fourth-order valence-electron chi connectivity index (χ4n) is 3.18. The standard InChI is InChI=1S/C17H21N5O2S/c1-2-21-8-9-22(12-16(21)17-19-6-7-20-17)25(23,24)13-15-5-3-4-14(10-15)11-18/h3-7,10,16H,2,8-9,12-13H2,1H3,(H,19,20)/t16-/m0/s1. The Morgan fingerprint density at radius 1 is 1.40 bits per heavy atom. The summed E-state index contributed by atoms with van der Waals surface area (Å²) in [6.45, 7) is 4.41. The molecule has 1 aliphatic heterocycles. The van der Waals surface area contributed by atoms with Gasteiger partial charge >= 0.3 is 0 Å². The van der Waals surface area contributed by atoms with Gasteiger partial charge in [0, 0.05) is 32.0 Å². The SMILES string of the molecule is CCN1CCN(S(=O)(=O)Cc2cccc(C#N)c2)C[C@H]1c1ncc[nH]1. The predicted molar refractivity (Wildman–Crippen MR) is 93.9 cm³/mol. The molecule has 0 spiro atoms. The van der Waals surface area contributed by atoms with E-state index >= 15 is 0 Å². The molecule has 0 aliphatic carbocycles. The largest absolute Gasteiger partial charge is 0.347 e. The van der Waals surface area contributed by atoms with E-state index in [1.165, 1.54) is 4.31 Å². The molecule has 1 atom stereocenters. The molecular formula is C17H21N5O2S. The second-order valence-corrected chi connectivity index (χ2v) is 8.01. The Balaban J connectivity index is 1.79. The maximum atomic E-state index is 12.9. The molecule has 3 rings (SSSR count). The summed E-state index contributed by atoms with van der Waals surface area (Å²) in [7, 11) is -3.46. The molecule has 1 N–H and O–H groups in total. The van der Waals surface area contributed by atoms with Crippen LogP contribution in [0.1, 0.15) is 29.9 Å². The third-order valence-corrected chi connectivity index (χ3v) is 6.31. The number of sulfonamides is 1. The molecule has 0 radical (unpaired) electrons. The van der Waals surface area contributed by atoms with Crippen LogP contribution in [0.3, 0.4) is 0 Å². The fraction of sp³-hybridized carbons (Fsp3) is 0.412. The van der Waals surface area contributed by atoms with E-state index in [0.29, 0.717) is 30.8 Å². The van der Waals surface area contributed by atoms with Crippen molar-refractivity contribution in [2.24, 2.45) is 0 Å². The highest BCUT2D eigenvalue weighted by atomic mass is 32.2. The van der Waals surface area contributed by atoms with Gasteiger partial charge in [0.2, 0.25) is 10.0 Å². The van der Waals surface area contributed by atoms with Gasteiger partial charge in [0.1, 0.15) is 5.82 Å². The Kier molecular flexibility index (Phi) is 5.18. The molecule has 1 aromatic heterocycles. The first-order chi connectivity index (χ1) is 12.0. The number of H-pyrrole nitrogens is 1. The Labute approximate surface area is 148 Å². The number of nitriles is 1. The smallest absolute Gasteiger partial charge is 0.218 e. The third kappa shape index (κ3) is 3.90. The predicted octanol–water partition coefficient (Wildman–Crippen LogP) is 1.49. The van der Waals surface area contributed by atoms with Gasteiger partial charge in [-0.05, 0) is 24.2 Å². The summed E-state index contributed by atoms with van der Waals surface area (Å²) in [4.78, 5) is 9.63. The van der Waals surface area contributed by atoms with E-state index < -0.39 is 10.0 Å². The summed E-state index contributed by atoms with van der Waals surface area (Å²) >= 11 is 0. The molecule has 1 aromatic carbocycles. The lowest BCUT2D eigenvalue weighted by Crippen LogP contribution is -2.50. The Morgan fingerprint density at radius 2 is 2.24 bits per heavy atom. The normalized spacial score (nSPS) is 19.6. The van der Waals surface area contributed by atoms with E-state index in [0.717, 1.165) is 12.4 Å². The lowest BCUT2D eigenvalue weighted by atomic mass is 10.2. The Morgan fingerprint density at radius 3 is 2.92 bits per heavy atom. The summed E-state index contributed by atoms with van der Waals surface area (Å²) in [5.41, 5.74) is 1.10. The fourth-order valence-corrected chi connectivity index (χ4v) is 4.69. The van der Waals surface area contributed by atoms with Crippen LogP contribution in [-0.2, 0) is 15.8 Å². The number of nitrogens with zero attached hydrogens (tertiary/aromatic N) is 4.